The van der Waals surface area contributed by atoms with Crippen molar-refractivity contribution < 1.29 is 4.57 Å². The van der Waals surface area contributed by atoms with E-state index < -0.39 is 0 Å². The summed E-state index contributed by atoms with van der Waals surface area (Å²) in [6, 6.07) is 17.6. The van der Waals surface area contributed by atoms with E-state index in [9.17, 15) is 0 Å². The molecule has 3 aromatic rings. The smallest absolute Gasteiger partial charge is 0.200 e. The largest absolute Gasteiger partial charge is 0.220 e. The first-order valence-corrected chi connectivity index (χ1v) is 7.18. The normalized spacial score (nSPS) is 10.9. The molecule has 0 aliphatic carbocycles. The number of hydrogen-bond donors (Lipinski definition) is 0. The van der Waals surface area contributed by atoms with Crippen LogP contribution < -0.4 is 4.57 Å². The van der Waals surface area contributed by atoms with Crippen molar-refractivity contribution in [2.75, 3.05) is 0 Å². The zero-order valence-electron chi connectivity index (χ0n) is 12.4. The molecule has 1 aromatic heterocycles. The highest BCUT2D eigenvalue weighted by Gasteiger charge is 2.16. The molecule has 0 saturated heterocycles. The highest BCUT2D eigenvalue weighted by Crippen LogP contribution is 2.28. The quantitative estimate of drug-likeness (QED) is 0.609. The van der Waals surface area contributed by atoms with Crippen molar-refractivity contribution in [1.82, 2.24) is 0 Å². The van der Waals surface area contributed by atoms with Crippen molar-refractivity contribution in [3.05, 3.63) is 65.9 Å². The molecule has 100 valence electrons. The van der Waals surface area contributed by atoms with Crippen molar-refractivity contribution in [3.63, 3.8) is 0 Å². The van der Waals surface area contributed by atoms with Gasteiger partial charge in [-0.15, -0.1) is 0 Å². The first-order chi connectivity index (χ1) is 9.70. The molecule has 0 bridgehead atoms. The maximum absolute atomic E-state index is 2.30. The molecule has 0 atom stereocenters. The zero-order valence-corrected chi connectivity index (χ0v) is 12.4. The summed E-state index contributed by atoms with van der Waals surface area (Å²) in [5, 5.41) is 2.60. The van der Waals surface area contributed by atoms with Crippen molar-refractivity contribution >= 4 is 10.8 Å². The van der Waals surface area contributed by atoms with Gasteiger partial charge in [-0.2, -0.15) is 0 Å². The van der Waals surface area contributed by atoms with Crippen molar-refractivity contribution in [2.24, 2.45) is 7.05 Å². The minimum atomic E-state index is 1.09. The van der Waals surface area contributed by atoms with Crippen molar-refractivity contribution in [2.45, 2.75) is 20.3 Å². The Morgan fingerprint density at radius 1 is 1.00 bits per heavy atom. The molecule has 1 heterocycles. The molecule has 3 rings (SSSR count). The molecule has 0 amide bonds. The van der Waals surface area contributed by atoms with Crippen LogP contribution in [-0.2, 0) is 13.5 Å². The molecule has 0 fully saturated rings. The summed E-state index contributed by atoms with van der Waals surface area (Å²) in [6.07, 6.45) is 3.23. The molecule has 0 aliphatic heterocycles. The summed E-state index contributed by atoms with van der Waals surface area (Å²) < 4.78 is 2.22. The Balaban J connectivity index is 2.31. The Morgan fingerprint density at radius 3 is 2.55 bits per heavy atom. The van der Waals surface area contributed by atoms with Crippen LogP contribution in [0.4, 0.5) is 0 Å². The monoisotopic (exact) mass is 262 g/mol. The van der Waals surface area contributed by atoms with E-state index in [-0.39, 0.29) is 0 Å². The van der Waals surface area contributed by atoms with Crippen LogP contribution in [0.1, 0.15) is 18.1 Å². The van der Waals surface area contributed by atoms with Crippen molar-refractivity contribution in [3.8, 4) is 11.3 Å². The van der Waals surface area contributed by atoms with E-state index in [1.54, 1.807) is 0 Å². The van der Waals surface area contributed by atoms with Crippen LogP contribution in [0.2, 0.25) is 0 Å². The average Bonchev–Trinajstić information content (AvgIpc) is 2.48. The van der Waals surface area contributed by atoms with Gasteiger partial charge in [-0.1, -0.05) is 37.3 Å². The van der Waals surface area contributed by atoms with E-state index >= 15 is 0 Å². The molecule has 0 unspecified atom stereocenters. The number of aryl methyl sites for hydroxylation is 3. The minimum absolute atomic E-state index is 1.09. The Hall–Kier alpha value is -2.15. The van der Waals surface area contributed by atoms with E-state index in [0.717, 1.165) is 6.42 Å². The van der Waals surface area contributed by atoms with Crippen LogP contribution in [0.5, 0.6) is 0 Å². The molecular weight excluding hydrogens is 242 g/mol. The van der Waals surface area contributed by atoms with Gasteiger partial charge in [-0.05, 0) is 42.0 Å². The first-order valence-electron chi connectivity index (χ1n) is 7.18. The van der Waals surface area contributed by atoms with E-state index in [1.807, 2.05) is 0 Å². The predicted molar refractivity (Wildman–Crippen MR) is 84.7 cm³/mol. The Bertz CT molecular complexity index is 772. The zero-order chi connectivity index (χ0) is 14.1. The third kappa shape index (κ3) is 2.09. The molecule has 0 N–H and O–H groups in total. The fourth-order valence-corrected chi connectivity index (χ4v) is 2.86. The van der Waals surface area contributed by atoms with Crippen molar-refractivity contribution in [1.29, 1.82) is 0 Å². The van der Waals surface area contributed by atoms with Gasteiger partial charge in [0.2, 0.25) is 5.69 Å². The molecule has 0 saturated carbocycles. The number of fused-ring (bicyclic) bond motifs is 1. The second-order valence-electron chi connectivity index (χ2n) is 5.37. The predicted octanol–water partition coefficient (Wildman–Crippen LogP) is 4.20. The SMILES string of the molecule is CCc1ccc(-c2c3ccccc3cc[n+]2C)c(C)c1. The molecule has 0 radical (unpaired) electrons. The highest BCUT2D eigenvalue weighted by molar-refractivity contribution is 5.93. The summed E-state index contributed by atoms with van der Waals surface area (Å²) >= 11 is 0. The highest BCUT2D eigenvalue weighted by atomic mass is 14.9. The van der Waals surface area contributed by atoms with E-state index in [0.29, 0.717) is 0 Å². The molecule has 1 heteroatoms. The summed E-state index contributed by atoms with van der Waals surface area (Å²) in [4.78, 5) is 0. The fraction of sp³-hybridized carbons (Fsp3) is 0.211. The Morgan fingerprint density at radius 2 is 1.80 bits per heavy atom. The van der Waals surface area contributed by atoms with E-state index in [1.165, 1.54) is 33.2 Å². The average molecular weight is 262 g/mol. The minimum Gasteiger partial charge on any atom is -0.200 e. The maximum Gasteiger partial charge on any atom is 0.220 e. The number of benzene rings is 2. The lowest BCUT2D eigenvalue weighted by atomic mass is 9.97. The van der Waals surface area contributed by atoms with Gasteiger partial charge in [0.15, 0.2) is 6.20 Å². The van der Waals surface area contributed by atoms with Crippen LogP contribution in [0, 0.1) is 6.92 Å². The van der Waals surface area contributed by atoms with Crippen LogP contribution >= 0.6 is 0 Å². The Kier molecular flexibility index (Phi) is 3.27. The molecule has 1 nitrogen and oxygen atoms in total. The van der Waals surface area contributed by atoms with Crippen LogP contribution in [0.3, 0.4) is 0 Å². The van der Waals surface area contributed by atoms with Gasteiger partial charge in [0.25, 0.3) is 0 Å². The van der Waals surface area contributed by atoms with Gasteiger partial charge in [-0.25, -0.2) is 4.57 Å². The lowest BCUT2D eigenvalue weighted by molar-refractivity contribution is -0.659. The third-order valence-corrected chi connectivity index (χ3v) is 4.00. The van der Waals surface area contributed by atoms with Gasteiger partial charge < -0.3 is 0 Å². The first kappa shape index (κ1) is 12.9. The van der Waals surface area contributed by atoms with Crippen LogP contribution in [-0.4, -0.2) is 0 Å². The third-order valence-electron chi connectivity index (χ3n) is 4.00. The van der Waals surface area contributed by atoms with Crippen LogP contribution in [0.25, 0.3) is 22.0 Å². The van der Waals surface area contributed by atoms with E-state index in [4.69, 9.17) is 0 Å². The molecule has 20 heavy (non-hydrogen) atoms. The number of nitrogens with zero attached hydrogens (tertiary/aromatic N) is 1. The number of hydrogen-bond acceptors (Lipinski definition) is 0. The lowest BCUT2D eigenvalue weighted by Gasteiger charge is -2.09. The van der Waals surface area contributed by atoms with Gasteiger partial charge in [0, 0.05) is 11.6 Å². The second kappa shape index (κ2) is 5.09. The molecule has 2 aromatic carbocycles. The topological polar surface area (TPSA) is 3.88 Å². The van der Waals surface area contributed by atoms with Gasteiger partial charge in [0.1, 0.15) is 7.05 Å². The second-order valence-corrected chi connectivity index (χ2v) is 5.37. The van der Waals surface area contributed by atoms with Gasteiger partial charge in [0.05, 0.1) is 5.39 Å². The summed E-state index contributed by atoms with van der Waals surface area (Å²) in [5.41, 5.74) is 5.36. The fourth-order valence-electron chi connectivity index (χ4n) is 2.86. The molecule has 0 aliphatic rings. The summed E-state index contributed by atoms with van der Waals surface area (Å²) in [7, 11) is 2.12. The maximum atomic E-state index is 2.30. The number of pyridine rings is 1. The summed E-state index contributed by atoms with van der Waals surface area (Å²) in [6.45, 7) is 4.41. The standard InChI is InChI=1S/C19H20N/c1-4-15-9-10-17(14(2)13-15)19-18-8-6-5-7-16(18)11-12-20(19)3/h5-13H,4H2,1-3H3/q+1. The van der Waals surface area contributed by atoms with Gasteiger partial charge >= 0.3 is 0 Å². The Labute approximate surface area is 120 Å². The molecule has 0 spiro atoms. The van der Waals surface area contributed by atoms with Gasteiger partial charge in [-0.3, -0.25) is 0 Å². The van der Waals surface area contributed by atoms with E-state index in [2.05, 4.69) is 80.2 Å². The van der Waals surface area contributed by atoms with Crippen LogP contribution in [0.15, 0.2) is 54.7 Å². The summed E-state index contributed by atoms with van der Waals surface area (Å²) in [5.74, 6) is 0. The molecular formula is C19H20N+. The number of aromatic nitrogens is 1. The lowest BCUT2D eigenvalue weighted by Crippen LogP contribution is -2.30. The number of rotatable bonds is 2.